The van der Waals surface area contributed by atoms with Crippen molar-refractivity contribution in [2.24, 2.45) is 0 Å². The summed E-state index contributed by atoms with van der Waals surface area (Å²) in [6.45, 7) is 14.2. The summed E-state index contributed by atoms with van der Waals surface area (Å²) in [7, 11) is 0. The fourth-order valence-corrected chi connectivity index (χ4v) is 10.1. The highest BCUT2D eigenvalue weighted by molar-refractivity contribution is 6.16. The summed E-state index contributed by atoms with van der Waals surface area (Å²) in [6.07, 6.45) is 1.91. The Morgan fingerprint density at radius 3 is 1.74 bits per heavy atom. The molecule has 0 amide bonds. The van der Waals surface area contributed by atoms with Gasteiger partial charge in [-0.25, -0.2) is 4.98 Å². The molecule has 0 aliphatic carbocycles. The number of hydrogen-bond acceptors (Lipinski definition) is 5. The minimum Gasteiger partial charge on any atom is -0.457 e. The number of furan rings is 1. The summed E-state index contributed by atoms with van der Waals surface area (Å²) in [4.78, 5) is 9.91. The average Bonchev–Trinajstić information content (AvgIpc) is 4.05. The number of anilines is 4. The molecule has 0 atom stereocenters. The van der Waals surface area contributed by atoms with E-state index in [2.05, 4.69) is 244 Å². The Hall–Kier alpha value is -8.35. The van der Waals surface area contributed by atoms with Gasteiger partial charge in [0.05, 0.1) is 22.6 Å². The van der Waals surface area contributed by atoms with Crippen molar-refractivity contribution in [3.63, 3.8) is 0 Å². The number of pyridine rings is 1. The van der Waals surface area contributed by atoms with Gasteiger partial charge < -0.3 is 19.0 Å². The molecule has 0 radical (unpaired) electrons. The van der Waals surface area contributed by atoms with Crippen LogP contribution in [-0.2, 0) is 10.8 Å². The van der Waals surface area contributed by atoms with Crippen molar-refractivity contribution in [3.05, 3.63) is 218 Å². The molecule has 1 aliphatic rings. The lowest BCUT2D eigenvalue weighted by Gasteiger charge is -2.30. The quantitative estimate of drug-likeness (QED) is 0.152. The molecular weight excluding hydrogens is 857 g/mol. The highest BCUT2D eigenvalue weighted by Crippen LogP contribution is 2.52. The first-order valence-electron chi connectivity index (χ1n) is 24.2. The van der Waals surface area contributed by atoms with Crippen LogP contribution in [0.15, 0.2) is 211 Å². The number of para-hydroxylation sites is 3. The maximum absolute atomic E-state index is 7.07. The summed E-state index contributed by atoms with van der Waals surface area (Å²) < 4.78 is 15.9. The molecular formula is C64H54N4O2. The van der Waals surface area contributed by atoms with E-state index in [4.69, 9.17) is 14.1 Å². The van der Waals surface area contributed by atoms with Crippen molar-refractivity contribution < 1.29 is 9.15 Å². The smallest absolute Gasteiger partial charge is 0.161 e. The van der Waals surface area contributed by atoms with Crippen LogP contribution in [0.1, 0.15) is 52.7 Å². The predicted molar refractivity (Wildman–Crippen MR) is 291 cm³/mol. The fourth-order valence-electron chi connectivity index (χ4n) is 10.1. The van der Waals surface area contributed by atoms with E-state index >= 15 is 0 Å². The van der Waals surface area contributed by atoms with Gasteiger partial charge in [0, 0.05) is 45.9 Å². The molecule has 70 heavy (non-hydrogen) atoms. The van der Waals surface area contributed by atoms with Crippen molar-refractivity contribution in [3.8, 4) is 50.7 Å². The van der Waals surface area contributed by atoms with Crippen molar-refractivity contribution in [1.82, 2.24) is 9.55 Å². The first kappa shape index (κ1) is 43.0. The fraction of sp³-hybridized carbons (Fsp3) is 0.141. The Morgan fingerprint density at radius 1 is 0.486 bits per heavy atom. The molecule has 4 heterocycles. The average molecular weight is 911 g/mol. The number of hydrogen-bond donors (Lipinski definition) is 0. The zero-order valence-electron chi connectivity index (χ0n) is 40.4. The van der Waals surface area contributed by atoms with Gasteiger partial charge in [0.15, 0.2) is 5.58 Å². The number of benzene rings is 8. The molecule has 0 fully saturated rings. The van der Waals surface area contributed by atoms with Crippen LogP contribution in [0.25, 0.3) is 72.2 Å². The monoisotopic (exact) mass is 910 g/mol. The lowest BCUT2D eigenvalue weighted by atomic mass is 9.82. The van der Waals surface area contributed by atoms with Gasteiger partial charge in [-0.3, -0.25) is 4.57 Å². The highest BCUT2D eigenvalue weighted by Gasteiger charge is 2.33. The minimum absolute atomic E-state index is 0.0634. The van der Waals surface area contributed by atoms with Crippen LogP contribution in [0.3, 0.4) is 0 Å². The van der Waals surface area contributed by atoms with Gasteiger partial charge in [-0.05, 0) is 117 Å². The maximum Gasteiger partial charge on any atom is 0.161 e. The Balaban J connectivity index is 1.01. The van der Waals surface area contributed by atoms with Crippen molar-refractivity contribution >= 4 is 55.7 Å². The molecule has 11 aromatic rings. The SMILES string of the molecule is CC(C)(C)c1ccnc(-n2c3cc(Oc4cc(-c5ccccc5)cc(N5CN(c6c(-c7ccccc7)cc(C(C)(C)C)cc6-c6ccccc6)c6ccccc65)c4)ccc3c3oc4ccccc4c32)c1. The largest absolute Gasteiger partial charge is 0.457 e. The van der Waals surface area contributed by atoms with Crippen LogP contribution in [0, 0.1) is 0 Å². The third kappa shape index (κ3) is 7.57. The molecule has 0 bridgehead atoms. The highest BCUT2D eigenvalue weighted by atomic mass is 16.5. The molecule has 6 nitrogen and oxygen atoms in total. The maximum atomic E-state index is 7.07. The lowest BCUT2D eigenvalue weighted by Crippen LogP contribution is -2.25. The topological polar surface area (TPSA) is 46.7 Å². The first-order chi connectivity index (χ1) is 34.0. The molecule has 0 saturated carbocycles. The predicted octanol–water partition coefficient (Wildman–Crippen LogP) is 17.6. The normalized spacial score (nSPS) is 12.9. The van der Waals surface area contributed by atoms with E-state index in [0.717, 1.165) is 72.7 Å². The summed E-state index contributed by atoms with van der Waals surface area (Å²) in [5.41, 5.74) is 17.4. The summed E-state index contributed by atoms with van der Waals surface area (Å²) in [5, 5.41) is 2.03. The van der Waals surface area contributed by atoms with Crippen LogP contribution >= 0.6 is 0 Å². The summed E-state index contributed by atoms with van der Waals surface area (Å²) in [5.74, 6) is 2.28. The van der Waals surface area contributed by atoms with Gasteiger partial charge in [-0.2, -0.15) is 0 Å². The van der Waals surface area contributed by atoms with E-state index in [1.165, 1.54) is 39.1 Å². The van der Waals surface area contributed by atoms with Gasteiger partial charge in [0.25, 0.3) is 0 Å². The van der Waals surface area contributed by atoms with Crippen LogP contribution < -0.4 is 14.5 Å². The number of ether oxygens (including phenoxy) is 1. The first-order valence-corrected chi connectivity index (χ1v) is 24.2. The second-order valence-electron chi connectivity index (χ2n) is 20.5. The van der Waals surface area contributed by atoms with Gasteiger partial charge in [0.2, 0.25) is 0 Å². The second-order valence-corrected chi connectivity index (χ2v) is 20.5. The molecule has 0 unspecified atom stereocenters. The number of rotatable bonds is 8. The Labute approximate surface area is 409 Å². The molecule has 3 aromatic heterocycles. The molecule has 0 spiro atoms. The molecule has 0 saturated heterocycles. The third-order valence-corrected chi connectivity index (χ3v) is 13.8. The van der Waals surface area contributed by atoms with Gasteiger partial charge in [-0.15, -0.1) is 0 Å². The van der Waals surface area contributed by atoms with E-state index in [1.807, 2.05) is 18.3 Å². The van der Waals surface area contributed by atoms with Crippen molar-refractivity contribution in [2.45, 2.75) is 52.4 Å². The molecule has 1 aliphatic heterocycles. The second kappa shape index (κ2) is 16.7. The van der Waals surface area contributed by atoms with Crippen LogP contribution in [0.4, 0.5) is 22.7 Å². The molecule has 12 rings (SSSR count). The lowest BCUT2D eigenvalue weighted by molar-refractivity contribution is 0.483. The zero-order valence-corrected chi connectivity index (χ0v) is 40.4. The van der Waals surface area contributed by atoms with Crippen molar-refractivity contribution in [2.75, 3.05) is 16.5 Å². The summed E-state index contributed by atoms with van der Waals surface area (Å²) in [6, 6.07) is 71.4. The molecule has 0 N–H and O–H groups in total. The van der Waals surface area contributed by atoms with Crippen LogP contribution in [-0.4, -0.2) is 16.2 Å². The molecule has 8 aromatic carbocycles. The van der Waals surface area contributed by atoms with Gasteiger partial charge >= 0.3 is 0 Å². The van der Waals surface area contributed by atoms with E-state index in [1.54, 1.807) is 0 Å². The Bertz CT molecular complexity index is 3680. The van der Waals surface area contributed by atoms with E-state index in [9.17, 15) is 0 Å². The van der Waals surface area contributed by atoms with Gasteiger partial charge in [-0.1, -0.05) is 157 Å². The third-order valence-electron chi connectivity index (χ3n) is 13.8. The van der Waals surface area contributed by atoms with Crippen molar-refractivity contribution in [1.29, 1.82) is 0 Å². The number of fused-ring (bicyclic) bond motifs is 6. The van der Waals surface area contributed by atoms with Gasteiger partial charge in [0.1, 0.15) is 35.1 Å². The number of aromatic nitrogens is 2. The Morgan fingerprint density at radius 2 is 1.09 bits per heavy atom. The molecule has 342 valence electrons. The van der Waals surface area contributed by atoms with E-state index in [-0.39, 0.29) is 10.8 Å². The van der Waals surface area contributed by atoms with Crippen LogP contribution in [0.5, 0.6) is 11.5 Å². The summed E-state index contributed by atoms with van der Waals surface area (Å²) >= 11 is 0. The Kier molecular flexibility index (Phi) is 10.3. The minimum atomic E-state index is -0.0735. The van der Waals surface area contributed by atoms with E-state index < -0.39 is 0 Å². The van der Waals surface area contributed by atoms with E-state index in [0.29, 0.717) is 12.4 Å². The standard InChI is InChI=1S/C64H54N4O2/c1-63(2,3)46-32-33-65-59(38-46)68-57-40-49(30-31-51(57)62-61(68)52-26-16-19-29-58(52)70-62)69-50-35-45(42-20-10-7-11-21-42)34-48(39-50)66-41-67(56-28-18-17-27-55(56)66)60-53(43-22-12-8-13-23-43)36-47(64(4,5)6)37-54(60)44-24-14-9-15-25-44/h7-40H,41H2,1-6H3. The zero-order chi connectivity index (χ0) is 47.7. The van der Waals surface area contributed by atoms with Crippen LogP contribution in [0.2, 0.25) is 0 Å². The number of nitrogens with zero attached hydrogens (tertiary/aromatic N) is 4. The molecule has 6 heteroatoms.